The predicted molar refractivity (Wildman–Crippen MR) is 51.9 cm³/mol. The SMILES string of the molecule is O=C(Cl)c1nc2c(Br)cccc2o1. The van der Waals surface area contributed by atoms with Gasteiger partial charge in [-0.05, 0) is 39.7 Å². The summed E-state index contributed by atoms with van der Waals surface area (Å²) in [5.74, 6) is -0.0800. The highest BCUT2D eigenvalue weighted by molar-refractivity contribution is 9.10. The lowest BCUT2D eigenvalue weighted by molar-refractivity contribution is 0.105. The molecule has 1 heterocycles. The van der Waals surface area contributed by atoms with Gasteiger partial charge in [0.2, 0.25) is 0 Å². The quantitative estimate of drug-likeness (QED) is 0.740. The lowest BCUT2D eigenvalue weighted by Gasteiger charge is -1.86. The van der Waals surface area contributed by atoms with E-state index in [1.165, 1.54) is 0 Å². The fourth-order valence-corrected chi connectivity index (χ4v) is 1.52. The molecule has 0 amide bonds. The molecular formula is C8H3BrClNO2. The van der Waals surface area contributed by atoms with Gasteiger partial charge in [-0.15, -0.1) is 0 Å². The largest absolute Gasteiger partial charge is 0.433 e. The molecule has 0 atom stereocenters. The van der Waals surface area contributed by atoms with E-state index >= 15 is 0 Å². The third-order valence-corrected chi connectivity index (χ3v) is 2.34. The van der Waals surface area contributed by atoms with E-state index in [0.29, 0.717) is 11.1 Å². The molecule has 1 aromatic carbocycles. The van der Waals surface area contributed by atoms with Gasteiger partial charge in [-0.2, -0.15) is 0 Å². The van der Waals surface area contributed by atoms with E-state index in [1.807, 2.05) is 6.07 Å². The standard InChI is InChI=1S/C8H3BrClNO2/c9-4-2-1-3-5-6(4)11-8(13-5)7(10)12/h1-3H. The predicted octanol–water partition coefficient (Wildman–Crippen LogP) is 2.97. The molecule has 0 saturated carbocycles. The first-order chi connectivity index (χ1) is 6.18. The molecule has 0 aliphatic carbocycles. The number of nitrogens with zero attached hydrogens (tertiary/aromatic N) is 1. The van der Waals surface area contributed by atoms with E-state index in [-0.39, 0.29) is 5.89 Å². The molecule has 1 aromatic heterocycles. The third-order valence-electron chi connectivity index (χ3n) is 1.54. The van der Waals surface area contributed by atoms with Gasteiger partial charge in [-0.3, -0.25) is 4.79 Å². The number of benzene rings is 1. The van der Waals surface area contributed by atoms with Crippen molar-refractivity contribution in [2.45, 2.75) is 0 Å². The van der Waals surface area contributed by atoms with Crippen LogP contribution in [0, 0.1) is 0 Å². The van der Waals surface area contributed by atoms with Crippen molar-refractivity contribution in [3.63, 3.8) is 0 Å². The van der Waals surface area contributed by atoms with Gasteiger partial charge in [-0.1, -0.05) is 6.07 Å². The van der Waals surface area contributed by atoms with Gasteiger partial charge in [0.1, 0.15) is 5.52 Å². The van der Waals surface area contributed by atoms with Crippen LogP contribution in [-0.4, -0.2) is 10.2 Å². The summed E-state index contributed by atoms with van der Waals surface area (Å²) >= 11 is 8.50. The molecule has 5 heteroatoms. The zero-order valence-electron chi connectivity index (χ0n) is 6.25. The summed E-state index contributed by atoms with van der Waals surface area (Å²) in [5, 5.41) is -0.692. The van der Waals surface area contributed by atoms with Crippen LogP contribution in [0.1, 0.15) is 10.7 Å². The number of fused-ring (bicyclic) bond motifs is 1. The van der Waals surface area contributed by atoms with Crippen LogP contribution in [0.2, 0.25) is 0 Å². The van der Waals surface area contributed by atoms with Crippen molar-refractivity contribution < 1.29 is 9.21 Å². The second kappa shape index (κ2) is 3.12. The maximum atomic E-state index is 10.7. The number of rotatable bonds is 1. The van der Waals surface area contributed by atoms with E-state index < -0.39 is 5.24 Å². The molecule has 2 rings (SSSR count). The van der Waals surface area contributed by atoms with Crippen LogP contribution in [0.25, 0.3) is 11.1 Å². The topological polar surface area (TPSA) is 43.1 Å². The smallest absolute Gasteiger partial charge is 0.307 e. The molecule has 0 aliphatic heterocycles. The number of aromatic nitrogens is 1. The van der Waals surface area contributed by atoms with Gasteiger partial charge < -0.3 is 4.42 Å². The molecule has 66 valence electrons. The first kappa shape index (κ1) is 8.72. The summed E-state index contributed by atoms with van der Waals surface area (Å²) in [4.78, 5) is 14.6. The summed E-state index contributed by atoms with van der Waals surface area (Å²) in [6.07, 6.45) is 0. The van der Waals surface area contributed by atoms with Crippen LogP contribution in [0.5, 0.6) is 0 Å². The van der Waals surface area contributed by atoms with Crippen LogP contribution in [0.15, 0.2) is 27.1 Å². The van der Waals surface area contributed by atoms with Gasteiger partial charge in [-0.25, -0.2) is 4.98 Å². The lowest BCUT2D eigenvalue weighted by Crippen LogP contribution is -1.86. The lowest BCUT2D eigenvalue weighted by atomic mass is 10.3. The van der Waals surface area contributed by atoms with E-state index in [0.717, 1.165) is 4.47 Å². The Hall–Kier alpha value is -0.870. The van der Waals surface area contributed by atoms with Crippen LogP contribution >= 0.6 is 27.5 Å². The minimum atomic E-state index is -0.692. The highest BCUT2D eigenvalue weighted by Crippen LogP contribution is 2.24. The second-order valence-electron chi connectivity index (χ2n) is 2.38. The number of carbonyl (C=O) groups excluding carboxylic acids is 1. The number of halogens is 2. The molecular weight excluding hydrogens is 257 g/mol. The first-order valence-electron chi connectivity index (χ1n) is 3.43. The van der Waals surface area contributed by atoms with Crippen molar-refractivity contribution in [2.75, 3.05) is 0 Å². The molecule has 0 bridgehead atoms. The molecule has 0 saturated heterocycles. The number of carbonyl (C=O) groups is 1. The Morgan fingerprint density at radius 1 is 1.54 bits per heavy atom. The van der Waals surface area contributed by atoms with Crippen molar-refractivity contribution in [3.05, 3.63) is 28.6 Å². The van der Waals surface area contributed by atoms with Crippen LogP contribution in [0.4, 0.5) is 0 Å². The van der Waals surface area contributed by atoms with Crippen LogP contribution < -0.4 is 0 Å². The number of hydrogen-bond donors (Lipinski definition) is 0. The van der Waals surface area contributed by atoms with Gasteiger partial charge >= 0.3 is 5.24 Å². The number of hydrogen-bond acceptors (Lipinski definition) is 3. The van der Waals surface area contributed by atoms with Crippen LogP contribution in [-0.2, 0) is 0 Å². The van der Waals surface area contributed by atoms with E-state index in [4.69, 9.17) is 16.0 Å². The van der Waals surface area contributed by atoms with Crippen molar-refractivity contribution in [1.29, 1.82) is 0 Å². The fraction of sp³-hybridized carbons (Fsp3) is 0. The van der Waals surface area contributed by atoms with E-state index in [9.17, 15) is 4.79 Å². The minimum Gasteiger partial charge on any atom is -0.433 e. The molecule has 0 aliphatic rings. The normalized spacial score (nSPS) is 10.6. The minimum absolute atomic E-state index is 0.0800. The summed E-state index contributed by atoms with van der Waals surface area (Å²) in [6, 6.07) is 5.32. The molecule has 0 N–H and O–H groups in total. The zero-order chi connectivity index (χ0) is 9.42. The van der Waals surface area contributed by atoms with Gasteiger partial charge in [0, 0.05) is 4.47 Å². The molecule has 0 radical (unpaired) electrons. The van der Waals surface area contributed by atoms with Gasteiger partial charge in [0.15, 0.2) is 5.58 Å². The van der Waals surface area contributed by atoms with Gasteiger partial charge in [0.25, 0.3) is 5.89 Å². The Morgan fingerprint density at radius 2 is 2.31 bits per heavy atom. The summed E-state index contributed by atoms with van der Waals surface area (Å²) in [6.45, 7) is 0. The van der Waals surface area contributed by atoms with Crippen LogP contribution in [0.3, 0.4) is 0 Å². The average Bonchev–Trinajstić information content (AvgIpc) is 2.49. The highest BCUT2D eigenvalue weighted by atomic mass is 79.9. The Bertz CT molecular complexity index is 480. The van der Waals surface area contributed by atoms with Crippen molar-refractivity contribution in [3.8, 4) is 0 Å². The second-order valence-corrected chi connectivity index (χ2v) is 3.58. The highest BCUT2D eigenvalue weighted by Gasteiger charge is 2.12. The molecule has 0 spiro atoms. The van der Waals surface area contributed by atoms with E-state index in [1.54, 1.807) is 12.1 Å². The average molecular weight is 260 g/mol. The summed E-state index contributed by atoms with van der Waals surface area (Å²) < 4.78 is 5.86. The van der Waals surface area contributed by atoms with Crippen molar-refractivity contribution in [2.24, 2.45) is 0 Å². The molecule has 2 aromatic rings. The van der Waals surface area contributed by atoms with Crippen molar-refractivity contribution in [1.82, 2.24) is 4.98 Å². The summed E-state index contributed by atoms with van der Waals surface area (Å²) in [7, 11) is 0. The Balaban J connectivity index is 2.75. The zero-order valence-corrected chi connectivity index (χ0v) is 8.59. The Labute approximate surface area is 86.8 Å². The molecule has 0 fully saturated rings. The number of para-hydroxylation sites is 1. The monoisotopic (exact) mass is 259 g/mol. The number of oxazole rings is 1. The Kier molecular flexibility index (Phi) is 2.09. The van der Waals surface area contributed by atoms with Crippen molar-refractivity contribution >= 4 is 43.9 Å². The molecule has 3 nitrogen and oxygen atoms in total. The third kappa shape index (κ3) is 1.47. The maximum absolute atomic E-state index is 10.7. The van der Waals surface area contributed by atoms with E-state index in [2.05, 4.69) is 20.9 Å². The maximum Gasteiger partial charge on any atom is 0.307 e. The van der Waals surface area contributed by atoms with Gasteiger partial charge in [0.05, 0.1) is 0 Å². The first-order valence-corrected chi connectivity index (χ1v) is 4.60. The fourth-order valence-electron chi connectivity index (χ4n) is 0.999. The molecule has 0 unspecified atom stereocenters. The Morgan fingerprint density at radius 3 is 2.92 bits per heavy atom. The summed E-state index contributed by atoms with van der Waals surface area (Å²) in [5.41, 5.74) is 1.14. The molecule has 13 heavy (non-hydrogen) atoms.